The first kappa shape index (κ1) is 18.2. The maximum atomic E-state index is 14.3. The summed E-state index contributed by atoms with van der Waals surface area (Å²) in [5.74, 6) is 1.29. The number of aromatic nitrogens is 4. The molecule has 0 amide bonds. The Kier molecular flexibility index (Phi) is 4.50. The van der Waals surface area contributed by atoms with E-state index in [4.69, 9.17) is 4.74 Å². The van der Waals surface area contributed by atoms with Gasteiger partial charge in [-0.3, -0.25) is 0 Å². The van der Waals surface area contributed by atoms with Crippen LogP contribution in [0.25, 0.3) is 20.4 Å². The normalized spacial score (nSPS) is 13.9. The highest BCUT2D eigenvalue weighted by Crippen LogP contribution is 2.36. The number of hydrogen-bond donors (Lipinski definition) is 1. The van der Waals surface area contributed by atoms with Crippen LogP contribution < -0.4 is 10.1 Å². The summed E-state index contributed by atoms with van der Waals surface area (Å²) in [7, 11) is 0. The van der Waals surface area contributed by atoms with Crippen molar-refractivity contribution in [2.75, 3.05) is 11.9 Å². The number of thiophene rings is 1. The molecule has 0 bridgehead atoms. The Labute approximate surface area is 171 Å². The molecule has 0 unspecified atom stereocenters. The number of nitrogens with one attached hydrogen (secondary N) is 1. The van der Waals surface area contributed by atoms with Crippen molar-refractivity contribution in [2.45, 2.75) is 33.2 Å². The monoisotopic (exact) mass is 409 g/mol. The van der Waals surface area contributed by atoms with E-state index in [1.165, 1.54) is 30.2 Å². The summed E-state index contributed by atoms with van der Waals surface area (Å²) in [6, 6.07) is 5.09. The van der Waals surface area contributed by atoms with Crippen molar-refractivity contribution in [2.24, 2.45) is 5.92 Å². The minimum absolute atomic E-state index is 0.319. The molecule has 0 spiro atoms. The number of halogens is 1. The summed E-state index contributed by atoms with van der Waals surface area (Å²) >= 11 is 1.51. The van der Waals surface area contributed by atoms with Gasteiger partial charge in [-0.05, 0) is 55.9 Å². The van der Waals surface area contributed by atoms with E-state index in [0.29, 0.717) is 30.6 Å². The van der Waals surface area contributed by atoms with Crippen LogP contribution >= 0.6 is 11.3 Å². The van der Waals surface area contributed by atoms with Crippen molar-refractivity contribution < 1.29 is 9.13 Å². The van der Waals surface area contributed by atoms with E-state index in [1.807, 2.05) is 19.9 Å². The van der Waals surface area contributed by atoms with Crippen LogP contribution in [0.5, 0.6) is 5.75 Å². The first-order chi connectivity index (χ1) is 14.1. The zero-order valence-electron chi connectivity index (χ0n) is 16.2. The van der Waals surface area contributed by atoms with Crippen LogP contribution in [-0.4, -0.2) is 26.8 Å². The number of hydrogen-bond acceptors (Lipinski definition) is 7. The van der Waals surface area contributed by atoms with E-state index in [0.717, 1.165) is 37.3 Å². The molecule has 0 saturated heterocycles. The fourth-order valence-electron chi connectivity index (χ4n) is 3.26. The molecular formula is C21H20FN5OS. The van der Waals surface area contributed by atoms with Gasteiger partial charge in [0.25, 0.3) is 0 Å². The Balaban J connectivity index is 1.39. The molecule has 5 rings (SSSR count). The molecular weight excluding hydrogens is 389 g/mol. The molecule has 1 aliphatic carbocycles. The first-order valence-electron chi connectivity index (χ1n) is 9.62. The average Bonchev–Trinajstić information content (AvgIpc) is 3.46. The molecule has 0 radical (unpaired) electrons. The second kappa shape index (κ2) is 7.18. The maximum absolute atomic E-state index is 14.3. The van der Waals surface area contributed by atoms with Gasteiger partial charge in [0.15, 0.2) is 11.6 Å². The maximum Gasteiger partial charge on any atom is 0.165 e. The number of fused-ring (bicyclic) bond motifs is 3. The fraction of sp³-hybridized carbons (Fsp3) is 0.333. The minimum Gasteiger partial charge on any atom is -0.490 e. The van der Waals surface area contributed by atoms with Crippen molar-refractivity contribution in [3.8, 4) is 5.75 Å². The molecule has 4 aromatic rings. The van der Waals surface area contributed by atoms with Gasteiger partial charge in [0.2, 0.25) is 0 Å². The molecule has 3 heterocycles. The predicted molar refractivity (Wildman–Crippen MR) is 112 cm³/mol. The summed E-state index contributed by atoms with van der Waals surface area (Å²) in [6.07, 6.45) is 3.90. The molecule has 6 nitrogen and oxygen atoms in total. The van der Waals surface area contributed by atoms with Gasteiger partial charge in [0.1, 0.15) is 17.0 Å². The van der Waals surface area contributed by atoms with E-state index in [-0.39, 0.29) is 5.82 Å². The summed E-state index contributed by atoms with van der Waals surface area (Å²) < 4.78 is 20.8. The van der Waals surface area contributed by atoms with Crippen LogP contribution in [0.3, 0.4) is 0 Å². The second-order valence-electron chi connectivity index (χ2n) is 7.47. The number of nitrogens with zero attached hydrogens (tertiary/aromatic N) is 4. The summed E-state index contributed by atoms with van der Waals surface area (Å²) in [6.45, 7) is 5.02. The lowest BCUT2D eigenvalue weighted by Gasteiger charge is -2.10. The molecule has 0 atom stereocenters. The Morgan fingerprint density at radius 2 is 2.07 bits per heavy atom. The van der Waals surface area contributed by atoms with Gasteiger partial charge < -0.3 is 10.1 Å². The number of ether oxygens (including phenoxy) is 1. The van der Waals surface area contributed by atoms with Crippen LogP contribution in [0.2, 0.25) is 0 Å². The third kappa shape index (κ3) is 3.48. The third-order valence-electron chi connectivity index (χ3n) is 5.29. The highest BCUT2D eigenvalue weighted by Gasteiger charge is 2.22. The molecule has 0 aliphatic heterocycles. The van der Waals surface area contributed by atoms with E-state index in [9.17, 15) is 4.39 Å². The Morgan fingerprint density at radius 3 is 2.86 bits per heavy atom. The van der Waals surface area contributed by atoms with Crippen molar-refractivity contribution >= 4 is 37.6 Å². The molecule has 29 heavy (non-hydrogen) atoms. The lowest BCUT2D eigenvalue weighted by Crippen LogP contribution is -2.04. The van der Waals surface area contributed by atoms with Gasteiger partial charge in [-0.2, -0.15) is 5.10 Å². The highest BCUT2D eigenvalue weighted by molar-refractivity contribution is 7.25. The van der Waals surface area contributed by atoms with E-state index < -0.39 is 0 Å². The van der Waals surface area contributed by atoms with Gasteiger partial charge in [0, 0.05) is 11.9 Å². The van der Waals surface area contributed by atoms with Crippen molar-refractivity contribution in [3.05, 3.63) is 47.2 Å². The molecule has 1 aliphatic rings. The Hall–Kier alpha value is -2.87. The van der Waals surface area contributed by atoms with E-state index >= 15 is 0 Å². The standard InChI is InChI=1S/C21H20FN5OS/c1-11-12(2)26-27-21-17(11)18-19(29-21)20(25-10-24-18)23-8-14-5-6-16(15(22)7-14)28-9-13-3-4-13/h5-7,10,13H,3-4,8-9H2,1-2H3,(H,23,24,25). The van der Waals surface area contributed by atoms with E-state index in [1.54, 1.807) is 12.4 Å². The molecule has 8 heteroatoms. The fourth-order valence-corrected chi connectivity index (χ4v) is 4.36. The van der Waals surface area contributed by atoms with Crippen molar-refractivity contribution in [1.29, 1.82) is 0 Å². The first-order valence-corrected chi connectivity index (χ1v) is 10.4. The topological polar surface area (TPSA) is 72.8 Å². The SMILES string of the molecule is Cc1nnc2sc3c(NCc4ccc(OCC5CC5)c(F)c4)ncnc3c2c1C. The largest absolute Gasteiger partial charge is 0.490 e. The third-order valence-corrected chi connectivity index (χ3v) is 6.36. The van der Waals surface area contributed by atoms with Crippen LogP contribution in [0, 0.1) is 25.6 Å². The number of anilines is 1. The smallest absolute Gasteiger partial charge is 0.165 e. The lowest BCUT2D eigenvalue weighted by atomic mass is 10.1. The predicted octanol–water partition coefficient (Wildman–Crippen LogP) is 4.79. The molecule has 3 aromatic heterocycles. The number of aryl methyl sites for hydroxylation is 2. The van der Waals surface area contributed by atoms with Crippen LogP contribution in [0.4, 0.5) is 10.2 Å². The van der Waals surface area contributed by atoms with E-state index in [2.05, 4.69) is 25.5 Å². The van der Waals surface area contributed by atoms with Crippen LogP contribution in [0.1, 0.15) is 29.7 Å². The van der Waals surface area contributed by atoms with Gasteiger partial charge in [0.05, 0.1) is 22.5 Å². The molecule has 1 aromatic carbocycles. The summed E-state index contributed by atoms with van der Waals surface area (Å²) in [5.41, 5.74) is 3.66. The van der Waals surface area contributed by atoms with Gasteiger partial charge in [-0.15, -0.1) is 16.4 Å². The second-order valence-corrected chi connectivity index (χ2v) is 8.46. The van der Waals surface area contributed by atoms with Crippen LogP contribution in [-0.2, 0) is 6.54 Å². The number of rotatable bonds is 6. The highest BCUT2D eigenvalue weighted by atomic mass is 32.1. The summed E-state index contributed by atoms with van der Waals surface area (Å²) in [4.78, 5) is 9.70. The molecule has 148 valence electrons. The number of benzene rings is 1. The van der Waals surface area contributed by atoms with Crippen molar-refractivity contribution in [3.63, 3.8) is 0 Å². The Bertz CT molecular complexity index is 1220. The van der Waals surface area contributed by atoms with Gasteiger partial charge >= 0.3 is 0 Å². The van der Waals surface area contributed by atoms with Gasteiger partial charge in [-0.1, -0.05) is 6.07 Å². The Morgan fingerprint density at radius 1 is 1.21 bits per heavy atom. The zero-order chi connectivity index (χ0) is 20.0. The van der Waals surface area contributed by atoms with Crippen LogP contribution in [0.15, 0.2) is 24.5 Å². The molecule has 1 saturated carbocycles. The lowest BCUT2D eigenvalue weighted by molar-refractivity contribution is 0.285. The summed E-state index contributed by atoms with van der Waals surface area (Å²) in [5, 5.41) is 12.8. The van der Waals surface area contributed by atoms with Crippen molar-refractivity contribution in [1.82, 2.24) is 20.2 Å². The molecule has 1 N–H and O–H groups in total. The van der Waals surface area contributed by atoms with Gasteiger partial charge in [-0.25, -0.2) is 14.4 Å². The minimum atomic E-state index is -0.332. The molecule has 1 fully saturated rings. The average molecular weight is 409 g/mol. The zero-order valence-corrected chi connectivity index (χ0v) is 17.0. The quantitative estimate of drug-likeness (QED) is 0.494.